The highest BCUT2D eigenvalue weighted by Crippen LogP contribution is 2.56. The summed E-state index contributed by atoms with van der Waals surface area (Å²) in [6, 6.07) is 8.17. The first-order chi connectivity index (χ1) is 6.18. The summed E-state index contributed by atoms with van der Waals surface area (Å²) in [5.74, 6) is 0.757. The van der Waals surface area contributed by atoms with Gasteiger partial charge in [-0.15, -0.1) is 0 Å². The molecule has 2 unspecified atom stereocenters. The third-order valence-corrected chi connectivity index (χ3v) is 4.20. The summed E-state index contributed by atoms with van der Waals surface area (Å²) in [6.07, 6.45) is 1.25. The van der Waals surface area contributed by atoms with E-state index in [1.165, 1.54) is 12.0 Å². The number of alkyl halides is 1. The minimum atomic E-state index is 0.321. The molecular weight excluding hydrogens is 247 g/mol. The van der Waals surface area contributed by atoms with Crippen molar-refractivity contribution >= 4 is 27.5 Å². The van der Waals surface area contributed by atoms with Crippen LogP contribution >= 0.6 is 27.5 Å². The molecule has 1 aliphatic carbocycles. The van der Waals surface area contributed by atoms with Gasteiger partial charge in [-0.3, -0.25) is 0 Å². The van der Waals surface area contributed by atoms with Crippen LogP contribution in [0.5, 0.6) is 0 Å². The normalized spacial score (nSPS) is 31.8. The molecule has 1 saturated carbocycles. The average Bonchev–Trinajstić information content (AvgIpc) is 2.79. The molecule has 1 aliphatic rings. The van der Waals surface area contributed by atoms with Crippen molar-refractivity contribution in [2.75, 3.05) is 5.33 Å². The Morgan fingerprint density at radius 3 is 2.77 bits per heavy atom. The molecule has 0 spiro atoms. The Morgan fingerprint density at radius 2 is 2.23 bits per heavy atom. The van der Waals surface area contributed by atoms with E-state index in [0.717, 1.165) is 16.3 Å². The minimum absolute atomic E-state index is 0.321. The number of halogens is 2. The molecule has 2 atom stereocenters. The second kappa shape index (κ2) is 3.29. The van der Waals surface area contributed by atoms with Crippen LogP contribution in [0.4, 0.5) is 0 Å². The fraction of sp³-hybridized carbons (Fsp3) is 0.455. The van der Waals surface area contributed by atoms with E-state index in [1.54, 1.807) is 0 Å². The lowest BCUT2D eigenvalue weighted by atomic mass is 9.96. The summed E-state index contributed by atoms with van der Waals surface area (Å²) in [6.45, 7) is 2.29. The van der Waals surface area contributed by atoms with E-state index in [1.807, 2.05) is 12.1 Å². The fourth-order valence-corrected chi connectivity index (χ4v) is 3.23. The van der Waals surface area contributed by atoms with Crippen molar-refractivity contribution in [3.8, 4) is 0 Å². The van der Waals surface area contributed by atoms with Gasteiger partial charge in [0.1, 0.15) is 0 Å². The van der Waals surface area contributed by atoms with Crippen LogP contribution in [0.1, 0.15) is 18.9 Å². The standard InChI is InChI=1S/C11H12BrCl/c1-11(6-8(11)7-12)9-4-2-3-5-10(9)13/h2-5,8H,6-7H2,1H3. The minimum Gasteiger partial charge on any atom is -0.0925 e. The van der Waals surface area contributed by atoms with Crippen molar-refractivity contribution in [1.82, 2.24) is 0 Å². The van der Waals surface area contributed by atoms with Gasteiger partial charge in [0.25, 0.3) is 0 Å². The van der Waals surface area contributed by atoms with Crippen LogP contribution in [0.25, 0.3) is 0 Å². The van der Waals surface area contributed by atoms with Crippen molar-refractivity contribution < 1.29 is 0 Å². The number of benzene rings is 1. The van der Waals surface area contributed by atoms with E-state index >= 15 is 0 Å². The van der Waals surface area contributed by atoms with Crippen molar-refractivity contribution in [2.24, 2.45) is 5.92 Å². The maximum Gasteiger partial charge on any atom is 0.0443 e. The van der Waals surface area contributed by atoms with Gasteiger partial charge in [0.15, 0.2) is 0 Å². The predicted molar refractivity (Wildman–Crippen MR) is 60.7 cm³/mol. The van der Waals surface area contributed by atoms with Crippen LogP contribution < -0.4 is 0 Å². The Hall–Kier alpha value is -0.0100. The Labute approximate surface area is 92.4 Å². The van der Waals surface area contributed by atoms with Crippen LogP contribution in [0.2, 0.25) is 5.02 Å². The topological polar surface area (TPSA) is 0 Å². The molecule has 1 aromatic rings. The van der Waals surface area contributed by atoms with Crippen molar-refractivity contribution in [3.63, 3.8) is 0 Å². The zero-order valence-corrected chi connectivity index (χ0v) is 9.90. The molecule has 0 radical (unpaired) electrons. The Morgan fingerprint density at radius 1 is 1.54 bits per heavy atom. The molecule has 0 aromatic heterocycles. The molecule has 13 heavy (non-hydrogen) atoms. The van der Waals surface area contributed by atoms with E-state index < -0.39 is 0 Å². The van der Waals surface area contributed by atoms with Gasteiger partial charge < -0.3 is 0 Å². The van der Waals surface area contributed by atoms with Crippen LogP contribution in [0.3, 0.4) is 0 Å². The zero-order valence-electron chi connectivity index (χ0n) is 7.56. The summed E-state index contributed by atoms with van der Waals surface area (Å²) in [4.78, 5) is 0. The molecule has 0 amide bonds. The molecule has 0 N–H and O–H groups in total. The highest BCUT2D eigenvalue weighted by molar-refractivity contribution is 9.09. The van der Waals surface area contributed by atoms with Crippen molar-refractivity contribution in [1.29, 1.82) is 0 Å². The summed E-state index contributed by atoms with van der Waals surface area (Å²) in [5, 5.41) is 1.99. The maximum absolute atomic E-state index is 6.16. The van der Waals surface area contributed by atoms with Crippen molar-refractivity contribution in [3.05, 3.63) is 34.9 Å². The molecular formula is C11H12BrCl. The molecule has 1 aromatic carbocycles. The van der Waals surface area contributed by atoms with Crippen LogP contribution in [0, 0.1) is 5.92 Å². The zero-order chi connectivity index (χ0) is 9.47. The lowest BCUT2D eigenvalue weighted by Crippen LogP contribution is -2.05. The molecule has 0 nitrogen and oxygen atoms in total. The van der Waals surface area contributed by atoms with E-state index in [2.05, 4.69) is 35.0 Å². The Kier molecular flexibility index (Phi) is 2.41. The quantitative estimate of drug-likeness (QED) is 0.704. The molecule has 0 aliphatic heterocycles. The Balaban J connectivity index is 2.32. The van der Waals surface area contributed by atoms with Gasteiger partial charge in [0, 0.05) is 10.4 Å². The number of hydrogen-bond acceptors (Lipinski definition) is 0. The number of hydrogen-bond donors (Lipinski definition) is 0. The van der Waals surface area contributed by atoms with Gasteiger partial charge in [-0.25, -0.2) is 0 Å². The summed E-state index contributed by atoms with van der Waals surface area (Å²) in [7, 11) is 0. The lowest BCUT2D eigenvalue weighted by Gasteiger charge is -2.12. The first-order valence-electron chi connectivity index (χ1n) is 4.49. The van der Waals surface area contributed by atoms with Crippen LogP contribution in [-0.4, -0.2) is 5.33 Å². The second-order valence-corrected chi connectivity index (χ2v) is 5.01. The predicted octanol–water partition coefficient (Wildman–Crippen LogP) is 4.01. The molecule has 70 valence electrons. The largest absolute Gasteiger partial charge is 0.0925 e. The molecule has 2 rings (SSSR count). The van der Waals surface area contributed by atoms with Crippen molar-refractivity contribution in [2.45, 2.75) is 18.8 Å². The summed E-state index contributed by atoms with van der Waals surface area (Å²) in [5.41, 5.74) is 1.63. The maximum atomic E-state index is 6.16. The SMILES string of the molecule is CC1(c2ccccc2Cl)CC1CBr. The molecule has 0 bridgehead atoms. The lowest BCUT2D eigenvalue weighted by molar-refractivity contribution is 0.710. The molecule has 1 fully saturated rings. The van der Waals surface area contributed by atoms with Gasteiger partial charge >= 0.3 is 0 Å². The first kappa shape index (κ1) is 9.54. The summed E-state index contributed by atoms with van der Waals surface area (Å²) >= 11 is 9.69. The van der Waals surface area contributed by atoms with Gasteiger partial charge in [-0.1, -0.05) is 52.7 Å². The van der Waals surface area contributed by atoms with Gasteiger partial charge in [0.05, 0.1) is 0 Å². The Bertz CT molecular complexity index is 324. The van der Waals surface area contributed by atoms with E-state index in [4.69, 9.17) is 11.6 Å². The average molecular weight is 260 g/mol. The molecule has 0 saturated heterocycles. The third kappa shape index (κ3) is 1.53. The van der Waals surface area contributed by atoms with E-state index in [0.29, 0.717) is 5.41 Å². The van der Waals surface area contributed by atoms with Gasteiger partial charge in [-0.05, 0) is 29.4 Å². The van der Waals surface area contributed by atoms with Gasteiger partial charge in [0.2, 0.25) is 0 Å². The van der Waals surface area contributed by atoms with E-state index in [-0.39, 0.29) is 0 Å². The van der Waals surface area contributed by atoms with Crippen LogP contribution in [-0.2, 0) is 5.41 Å². The smallest absolute Gasteiger partial charge is 0.0443 e. The van der Waals surface area contributed by atoms with Crippen LogP contribution in [0.15, 0.2) is 24.3 Å². The van der Waals surface area contributed by atoms with Gasteiger partial charge in [-0.2, -0.15) is 0 Å². The fourth-order valence-electron chi connectivity index (χ4n) is 1.93. The first-order valence-corrected chi connectivity index (χ1v) is 5.99. The number of rotatable bonds is 2. The molecule has 0 heterocycles. The highest BCUT2D eigenvalue weighted by Gasteiger charge is 2.50. The third-order valence-electron chi connectivity index (χ3n) is 3.09. The molecule has 2 heteroatoms. The second-order valence-electron chi connectivity index (χ2n) is 3.95. The highest BCUT2D eigenvalue weighted by atomic mass is 79.9. The van der Waals surface area contributed by atoms with E-state index in [9.17, 15) is 0 Å². The summed E-state index contributed by atoms with van der Waals surface area (Å²) < 4.78 is 0. The monoisotopic (exact) mass is 258 g/mol.